The minimum atomic E-state index is -0.901. The lowest BCUT2D eigenvalue weighted by atomic mass is 9.93. The van der Waals surface area contributed by atoms with E-state index in [-0.39, 0.29) is 41.5 Å². The maximum absolute atomic E-state index is 12.8. The van der Waals surface area contributed by atoms with Crippen LogP contribution in [0.3, 0.4) is 0 Å². The van der Waals surface area contributed by atoms with Crippen molar-refractivity contribution in [1.82, 2.24) is 9.55 Å². The van der Waals surface area contributed by atoms with Crippen LogP contribution >= 0.6 is 11.6 Å². The highest BCUT2D eigenvalue weighted by atomic mass is 35.5. The number of esters is 1. The Kier molecular flexibility index (Phi) is 5.33. The number of benzene rings is 1. The molecule has 0 bridgehead atoms. The van der Waals surface area contributed by atoms with Crippen molar-refractivity contribution >= 4 is 28.5 Å². The van der Waals surface area contributed by atoms with E-state index in [1.807, 2.05) is 0 Å². The minimum absolute atomic E-state index is 0.0633. The van der Waals surface area contributed by atoms with E-state index < -0.39 is 11.4 Å². The molecule has 0 aliphatic carbocycles. The second kappa shape index (κ2) is 7.09. The quantitative estimate of drug-likeness (QED) is 0.629. The molecule has 130 valence electrons. The summed E-state index contributed by atoms with van der Waals surface area (Å²) in [7, 11) is 1.30. The minimum Gasteiger partial charge on any atom is -0.508 e. The first-order valence-electron chi connectivity index (χ1n) is 7.29. The molecular formula is C16H19ClN2O5. The lowest BCUT2D eigenvalue weighted by molar-refractivity contribution is -0.151. The first-order valence-corrected chi connectivity index (χ1v) is 7.83. The highest BCUT2D eigenvalue weighted by molar-refractivity contribution is 6.18. The molecular weight excluding hydrogens is 336 g/mol. The molecule has 2 aromatic rings. The van der Waals surface area contributed by atoms with Crippen LogP contribution in [0.5, 0.6) is 11.5 Å². The monoisotopic (exact) mass is 354 g/mol. The van der Waals surface area contributed by atoms with E-state index >= 15 is 0 Å². The van der Waals surface area contributed by atoms with Crippen molar-refractivity contribution < 1.29 is 19.4 Å². The SMILES string of the molecule is COC(=O)C(C)(C)Cn1cnc2cc(O)cc(OCCCl)c2c1=O. The van der Waals surface area contributed by atoms with Gasteiger partial charge < -0.3 is 14.6 Å². The first-order chi connectivity index (χ1) is 11.3. The third-order valence-electron chi connectivity index (χ3n) is 3.52. The van der Waals surface area contributed by atoms with Gasteiger partial charge in [0.05, 0.1) is 30.2 Å². The molecule has 0 saturated carbocycles. The summed E-state index contributed by atoms with van der Waals surface area (Å²) in [6.45, 7) is 3.63. The van der Waals surface area contributed by atoms with Crippen LogP contribution in [0.15, 0.2) is 23.3 Å². The van der Waals surface area contributed by atoms with Crippen molar-refractivity contribution in [3.63, 3.8) is 0 Å². The Labute approximate surface area is 143 Å². The van der Waals surface area contributed by atoms with Crippen LogP contribution in [-0.4, -0.2) is 40.2 Å². The number of aromatic nitrogens is 2. The fraction of sp³-hybridized carbons (Fsp3) is 0.438. The standard InChI is InChI=1S/C16H19ClN2O5/c1-16(2,15(22)23-3)8-19-9-18-11-6-10(20)7-12(24-5-4-17)13(11)14(19)21/h6-7,9,20H,4-5,8H2,1-3H3. The maximum atomic E-state index is 12.8. The number of methoxy groups -OCH3 is 1. The van der Waals surface area contributed by atoms with Gasteiger partial charge in [0.15, 0.2) is 0 Å². The molecule has 24 heavy (non-hydrogen) atoms. The number of phenolic OH excluding ortho intramolecular Hbond substituents is 1. The molecule has 0 saturated heterocycles. The van der Waals surface area contributed by atoms with Gasteiger partial charge in [0, 0.05) is 18.7 Å². The Morgan fingerprint density at radius 3 is 2.75 bits per heavy atom. The zero-order chi connectivity index (χ0) is 17.9. The number of halogens is 1. The number of hydrogen-bond donors (Lipinski definition) is 1. The van der Waals surface area contributed by atoms with E-state index in [2.05, 4.69) is 4.98 Å². The number of alkyl halides is 1. The Balaban J connectivity index is 2.55. The van der Waals surface area contributed by atoms with Gasteiger partial charge in [0.2, 0.25) is 0 Å². The van der Waals surface area contributed by atoms with Crippen LogP contribution < -0.4 is 10.3 Å². The normalized spacial score (nSPS) is 11.5. The molecule has 1 N–H and O–H groups in total. The number of hydrogen-bond acceptors (Lipinski definition) is 6. The number of nitrogens with zero attached hydrogens (tertiary/aromatic N) is 2. The second-order valence-corrected chi connectivity index (χ2v) is 6.31. The number of carbonyl (C=O) groups is 1. The summed E-state index contributed by atoms with van der Waals surface area (Å²) < 4.78 is 11.5. The Morgan fingerprint density at radius 2 is 2.12 bits per heavy atom. The molecule has 0 fully saturated rings. The van der Waals surface area contributed by atoms with Gasteiger partial charge in [-0.25, -0.2) is 4.98 Å². The number of ether oxygens (including phenoxy) is 2. The summed E-state index contributed by atoms with van der Waals surface area (Å²) in [5, 5.41) is 9.96. The maximum Gasteiger partial charge on any atom is 0.313 e. The number of carbonyl (C=O) groups excluding carboxylic acids is 1. The first kappa shape index (κ1) is 18.1. The van der Waals surface area contributed by atoms with E-state index in [1.54, 1.807) is 13.8 Å². The van der Waals surface area contributed by atoms with Gasteiger partial charge in [0.1, 0.15) is 23.5 Å². The van der Waals surface area contributed by atoms with Crippen LogP contribution in [0.25, 0.3) is 10.9 Å². The number of rotatable bonds is 6. The van der Waals surface area contributed by atoms with Crippen molar-refractivity contribution in [1.29, 1.82) is 0 Å². The molecule has 1 aromatic heterocycles. The van der Waals surface area contributed by atoms with Crippen LogP contribution in [0.1, 0.15) is 13.8 Å². The molecule has 0 atom stereocenters. The van der Waals surface area contributed by atoms with Crippen molar-refractivity contribution in [2.24, 2.45) is 5.41 Å². The van der Waals surface area contributed by atoms with Crippen molar-refractivity contribution in [2.75, 3.05) is 19.6 Å². The molecule has 0 aliphatic heterocycles. The Bertz CT molecular complexity index is 816. The predicted molar refractivity (Wildman–Crippen MR) is 89.7 cm³/mol. The van der Waals surface area contributed by atoms with Gasteiger partial charge in [-0.2, -0.15) is 0 Å². The van der Waals surface area contributed by atoms with Crippen LogP contribution in [0.4, 0.5) is 0 Å². The van der Waals surface area contributed by atoms with Gasteiger partial charge in [-0.15, -0.1) is 11.6 Å². The summed E-state index contributed by atoms with van der Waals surface area (Å²) in [6, 6.07) is 2.72. The average Bonchev–Trinajstić information content (AvgIpc) is 2.54. The zero-order valence-corrected chi connectivity index (χ0v) is 14.5. The Hall–Kier alpha value is -2.28. The molecule has 1 heterocycles. The summed E-state index contributed by atoms with van der Waals surface area (Å²) in [6.07, 6.45) is 1.33. The van der Waals surface area contributed by atoms with Gasteiger partial charge in [-0.1, -0.05) is 0 Å². The third-order valence-corrected chi connectivity index (χ3v) is 3.67. The molecule has 0 spiro atoms. The summed E-state index contributed by atoms with van der Waals surface area (Å²) in [5.74, 6) is -0.0557. The average molecular weight is 355 g/mol. The van der Waals surface area contributed by atoms with E-state index in [4.69, 9.17) is 21.1 Å². The zero-order valence-electron chi connectivity index (χ0n) is 13.7. The van der Waals surface area contributed by atoms with E-state index in [0.717, 1.165) is 0 Å². The van der Waals surface area contributed by atoms with Crippen LogP contribution in [0.2, 0.25) is 0 Å². The number of fused-ring (bicyclic) bond motifs is 1. The second-order valence-electron chi connectivity index (χ2n) is 5.93. The van der Waals surface area contributed by atoms with E-state index in [1.165, 1.54) is 30.1 Å². The molecule has 7 nitrogen and oxygen atoms in total. The van der Waals surface area contributed by atoms with Gasteiger partial charge in [-0.05, 0) is 13.8 Å². The fourth-order valence-corrected chi connectivity index (χ4v) is 2.45. The van der Waals surface area contributed by atoms with Gasteiger partial charge in [-0.3, -0.25) is 14.2 Å². The lowest BCUT2D eigenvalue weighted by Crippen LogP contribution is -2.35. The molecule has 1 aromatic carbocycles. The van der Waals surface area contributed by atoms with Crippen LogP contribution in [-0.2, 0) is 16.1 Å². The number of phenols is 1. The molecule has 0 radical (unpaired) electrons. The highest BCUT2D eigenvalue weighted by Gasteiger charge is 2.30. The predicted octanol–water partition coefficient (Wildman–Crippen LogP) is 1.92. The van der Waals surface area contributed by atoms with E-state index in [9.17, 15) is 14.7 Å². The largest absolute Gasteiger partial charge is 0.508 e. The summed E-state index contributed by atoms with van der Waals surface area (Å²) in [4.78, 5) is 28.8. The van der Waals surface area contributed by atoms with E-state index in [0.29, 0.717) is 5.52 Å². The molecule has 0 unspecified atom stereocenters. The third kappa shape index (κ3) is 3.62. The Morgan fingerprint density at radius 1 is 1.42 bits per heavy atom. The number of aromatic hydroxyl groups is 1. The fourth-order valence-electron chi connectivity index (χ4n) is 2.37. The van der Waals surface area contributed by atoms with Crippen molar-refractivity contribution in [3.8, 4) is 11.5 Å². The van der Waals surface area contributed by atoms with Gasteiger partial charge >= 0.3 is 5.97 Å². The highest BCUT2D eigenvalue weighted by Crippen LogP contribution is 2.27. The van der Waals surface area contributed by atoms with Crippen molar-refractivity contribution in [2.45, 2.75) is 20.4 Å². The summed E-state index contributed by atoms with van der Waals surface area (Å²) in [5.41, 5.74) is -0.972. The van der Waals surface area contributed by atoms with Crippen molar-refractivity contribution in [3.05, 3.63) is 28.8 Å². The topological polar surface area (TPSA) is 90.7 Å². The molecule has 8 heteroatoms. The molecule has 0 amide bonds. The smallest absolute Gasteiger partial charge is 0.313 e. The van der Waals surface area contributed by atoms with Crippen LogP contribution in [0, 0.1) is 5.41 Å². The molecule has 0 aliphatic rings. The molecule has 2 rings (SSSR count). The lowest BCUT2D eigenvalue weighted by Gasteiger charge is -2.22. The summed E-state index contributed by atoms with van der Waals surface area (Å²) >= 11 is 5.61. The van der Waals surface area contributed by atoms with Gasteiger partial charge in [0.25, 0.3) is 5.56 Å².